The molecule has 4 aliphatic rings. The highest BCUT2D eigenvalue weighted by Crippen LogP contribution is 2.77. The summed E-state index contributed by atoms with van der Waals surface area (Å²) in [6.07, 6.45) is 1.22. The maximum atomic E-state index is 15.3. The first-order valence-electron chi connectivity index (χ1n) is 7.76. The van der Waals surface area contributed by atoms with Crippen LogP contribution in [0, 0.1) is 29.6 Å². The van der Waals surface area contributed by atoms with Crippen LogP contribution in [0.25, 0.3) is 0 Å². The number of hydrogen-bond donors (Lipinski definition) is 0. The van der Waals surface area contributed by atoms with Crippen LogP contribution in [-0.4, -0.2) is 19.0 Å². The Labute approximate surface area is 126 Å². The van der Waals surface area contributed by atoms with Gasteiger partial charge in [0.1, 0.15) is 5.75 Å². The molecular formula is C17H16F2O3. The van der Waals surface area contributed by atoms with Crippen LogP contribution >= 0.6 is 0 Å². The highest BCUT2D eigenvalue weighted by Gasteiger charge is 2.85. The zero-order chi connectivity index (χ0) is 15.3. The third-order valence-electron chi connectivity index (χ3n) is 6.49. The van der Waals surface area contributed by atoms with Crippen molar-refractivity contribution in [2.75, 3.05) is 7.11 Å². The normalized spacial score (nSPS) is 46.1. The fourth-order valence-electron chi connectivity index (χ4n) is 5.81. The van der Waals surface area contributed by atoms with Crippen molar-refractivity contribution in [3.8, 4) is 5.75 Å². The summed E-state index contributed by atoms with van der Waals surface area (Å²) in [4.78, 5) is 12.3. The number of esters is 1. The van der Waals surface area contributed by atoms with Gasteiger partial charge in [-0.1, -0.05) is 12.1 Å². The lowest BCUT2D eigenvalue weighted by molar-refractivity contribution is -0.209. The van der Waals surface area contributed by atoms with Crippen LogP contribution in [0.1, 0.15) is 18.4 Å². The molecule has 5 unspecified atom stereocenters. The van der Waals surface area contributed by atoms with Gasteiger partial charge in [-0.25, -0.2) is 8.78 Å². The zero-order valence-corrected chi connectivity index (χ0v) is 12.1. The van der Waals surface area contributed by atoms with Gasteiger partial charge in [0.2, 0.25) is 5.60 Å². The van der Waals surface area contributed by atoms with Crippen LogP contribution in [0.3, 0.4) is 0 Å². The molecule has 1 aliphatic heterocycles. The van der Waals surface area contributed by atoms with E-state index < -0.39 is 23.4 Å². The van der Waals surface area contributed by atoms with Gasteiger partial charge in [-0.15, -0.1) is 0 Å². The summed E-state index contributed by atoms with van der Waals surface area (Å²) in [6.45, 7) is 0. The van der Waals surface area contributed by atoms with Crippen LogP contribution in [0.4, 0.5) is 8.78 Å². The summed E-state index contributed by atoms with van der Waals surface area (Å²) in [5, 5.41) is 0. The number of alkyl halides is 2. The molecule has 2 bridgehead atoms. The van der Waals surface area contributed by atoms with E-state index in [0.29, 0.717) is 17.7 Å². The highest BCUT2D eigenvalue weighted by molar-refractivity contribution is 5.79. The van der Waals surface area contributed by atoms with E-state index in [1.165, 1.54) is 7.11 Å². The molecule has 5 rings (SSSR count). The van der Waals surface area contributed by atoms with Crippen molar-refractivity contribution in [2.24, 2.45) is 29.6 Å². The van der Waals surface area contributed by atoms with Gasteiger partial charge < -0.3 is 9.47 Å². The SMILES string of the molecule is COc1ccc([C@@]23OC(=O)C4C5CC(C(C5)C2(F)F)C43)cc1. The number of rotatable bonds is 2. The van der Waals surface area contributed by atoms with Gasteiger partial charge in [-0.05, 0) is 36.8 Å². The van der Waals surface area contributed by atoms with Gasteiger partial charge >= 0.3 is 5.97 Å². The molecule has 0 amide bonds. The first kappa shape index (κ1) is 12.9. The van der Waals surface area contributed by atoms with Crippen molar-refractivity contribution >= 4 is 5.97 Å². The molecule has 0 N–H and O–H groups in total. The smallest absolute Gasteiger partial charge is 0.310 e. The van der Waals surface area contributed by atoms with Crippen LogP contribution in [0.2, 0.25) is 0 Å². The highest BCUT2D eigenvalue weighted by atomic mass is 19.3. The minimum atomic E-state index is -2.99. The number of benzene rings is 1. The Kier molecular flexibility index (Phi) is 2.12. The van der Waals surface area contributed by atoms with Gasteiger partial charge in [0.25, 0.3) is 5.92 Å². The van der Waals surface area contributed by atoms with Crippen molar-refractivity contribution in [3.63, 3.8) is 0 Å². The number of carbonyl (C=O) groups excluding carboxylic acids is 1. The molecule has 5 heteroatoms. The second kappa shape index (κ2) is 3.63. The summed E-state index contributed by atoms with van der Waals surface area (Å²) >= 11 is 0. The first-order chi connectivity index (χ1) is 10.5. The molecule has 3 aliphatic carbocycles. The van der Waals surface area contributed by atoms with E-state index in [4.69, 9.17) is 9.47 Å². The Balaban J connectivity index is 1.72. The Morgan fingerprint density at radius 3 is 2.64 bits per heavy atom. The molecule has 0 spiro atoms. The van der Waals surface area contributed by atoms with E-state index in [1.807, 2.05) is 0 Å². The maximum Gasteiger partial charge on any atom is 0.310 e. The average molecular weight is 306 g/mol. The third kappa shape index (κ3) is 1.12. The van der Waals surface area contributed by atoms with Gasteiger partial charge in [-0.2, -0.15) is 0 Å². The lowest BCUT2D eigenvalue weighted by atomic mass is 9.76. The minimum absolute atomic E-state index is 0.0843. The second-order valence-electron chi connectivity index (χ2n) is 7.06. The molecular weight excluding hydrogens is 290 g/mol. The summed E-state index contributed by atoms with van der Waals surface area (Å²) in [5.74, 6) is -4.16. The minimum Gasteiger partial charge on any atom is -0.497 e. The summed E-state index contributed by atoms with van der Waals surface area (Å²) < 4.78 is 41.1. The predicted octanol–water partition coefficient (Wildman–Crippen LogP) is 2.98. The molecule has 6 atom stereocenters. The van der Waals surface area contributed by atoms with Crippen LogP contribution in [0.5, 0.6) is 5.75 Å². The quantitative estimate of drug-likeness (QED) is 0.788. The van der Waals surface area contributed by atoms with E-state index >= 15 is 8.78 Å². The molecule has 1 aromatic carbocycles. The Hall–Kier alpha value is -1.65. The number of ether oxygens (including phenoxy) is 2. The molecule has 3 nitrogen and oxygen atoms in total. The fraction of sp³-hybridized carbons (Fsp3) is 0.588. The lowest BCUT2D eigenvalue weighted by Gasteiger charge is -2.35. The number of fused-ring (bicyclic) bond motifs is 2. The van der Waals surface area contributed by atoms with Gasteiger partial charge in [0, 0.05) is 17.4 Å². The summed E-state index contributed by atoms with van der Waals surface area (Å²) in [7, 11) is 1.53. The Morgan fingerprint density at radius 2 is 1.95 bits per heavy atom. The largest absolute Gasteiger partial charge is 0.497 e. The van der Waals surface area contributed by atoms with Crippen molar-refractivity contribution in [3.05, 3.63) is 29.8 Å². The molecule has 116 valence electrons. The second-order valence-corrected chi connectivity index (χ2v) is 7.06. The number of methoxy groups -OCH3 is 1. The predicted molar refractivity (Wildman–Crippen MR) is 72.4 cm³/mol. The number of hydrogen-bond acceptors (Lipinski definition) is 3. The molecule has 0 aromatic heterocycles. The van der Waals surface area contributed by atoms with Crippen molar-refractivity contribution in [1.29, 1.82) is 0 Å². The molecule has 4 fully saturated rings. The Morgan fingerprint density at radius 1 is 1.23 bits per heavy atom. The molecule has 1 saturated heterocycles. The molecule has 0 radical (unpaired) electrons. The van der Waals surface area contributed by atoms with E-state index in [9.17, 15) is 4.79 Å². The van der Waals surface area contributed by atoms with Gasteiger partial charge in [0.05, 0.1) is 13.0 Å². The monoisotopic (exact) mass is 306 g/mol. The van der Waals surface area contributed by atoms with Gasteiger partial charge in [0.15, 0.2) is 0 Å². The molecule has 22 heavy (non-hydrogen) atoms. The van der Waals surface area contributed by atoms with Crippen molar-refractivity contribution < 1.29 is 23.0 Å². The van der Waals surface area contributed by atoms with Crippen molar-refractivity contribution in [1.82, 2.24) is 0 Å². The van der Waals surface area contributed by atoms with E-state index in [-0.39, 0.29) is 23.7 Å². The standard InChI is InChI=1S/C17H16F2O3/c1-21-10-4-2-9(3-5-10)16-14-11-6-8(13(14)15(20)22-16)7-12(11)17(16,18)19/h2-5,8,11-14H,6-7H2,1H3/t8?,11?,12?,13?,14?,16-/m0/s1. The lowest BCUT2D eigenvalue weighted by Crippen LogP contribution is -2.46. The third-order valence-corrected chi connectivity index (χ3v) is 6.49. The average Bonchev–Trinajstić information content (AvgIpc) is 3.19. The topological polar surface area (TPSA) is 35.5 Å². The molecule has 1 heterocycles. The first-order valence-corrected chi connectivity index (χ1v) is 7.76. The van der Waals surface area contributed by atoms with Crippen LogP contribution in [0.15, 0.2) is 24.3 Å². The Bertz CT molecular complexity index is 671. The molecule has 1 aromatic rings. The van der Waals surface area contributed by atoms with E-state index in [0.717, 1.165) is 6.42 Å². The van der Waals surface area contributed by atoms with Gasteiger partial charge in [-0.3, -0.25) is 4.79 Å². The van der Waals surface area contributed by atoms with E-state index in [1.54, 1.807) is 24.3 Å². The van der Waals surface area contributed by atoms with E-state index in [2.05, 4.69) is 0 Å². The fourth-order valence-corrected chi connectivity index (χ4v) is 5.81. The number of halogens is 2. The zero-order valence-electron chi connectivity index (χ0n) is 12.1. The summed E-state index contributed by atoms with van der Waals surface area (Å²) in [6, 6.07) is 6.57. The van der Waals surface area contributed by atoms with Crippen LogP contribution in [-0.2, 0) is 15.1 Å². The summed E-state index contributed by atoms with van der Waals surface area (Å²) in [5.41, 5.74) is -1.35. The van der Waals surface area contributed by atoms with Crippen LogP contribution < -0.4 is 4.74 Å². The maximum absolute atomic E-state index is 15.3. The van der Waals surface area contributed by atoms with Crippen molar-refractivity contribution in [2.45, 2.75) is 24.4 Å². The number of carbonyl (C=O) groups is 1. The molecule has 3 saturated carbocycles.